The number of nitrogens with zero attached hydrogens (tertiary/aromatic N) is 1. The van der Waals surface area contributed by atoms with Gasteiger partial charge in [-0.1, -0.05) is 13.8 Å². The van der Waals surface area contributed by atoms with E-state index in [-0.39, 0.29) is 16.5 Å². The van der Waals surface area contributed by atoms with Gasteiger partial charge in [0, 0.05) is 18.7 Å². The van der Waals surface area contributed by atoms with Gasteiger partial charge in [0.1, 0.15) is 0 Å². The van der Waals surface area contributed by atoms with E-state index >= 15 is 0 Å². The molecule has 1 aliphatic heterocycles. The highest BCUT2D eigenvalue weighted by atomic mass is 32.2. The minimum absolute atomic E-state index is 0.104. The summed E-state index contributed by atoms with van der Waals surface area (Å²) < 4.78 is 32.9. The molecule has 0 saturated carbocycles. The van der Waals surface area contributed by atoms with E-state index in [4.69, 9.17) is 4.42 Å². The molecule has 8 heteroatoms. The molecule has 0 aliphatic carbocycles. The number of benzene rings is 1. The summed E-state index contributed by atoms with van der Waals surface area (Å²) in [5, 5.41) is 0. The first-order valence-corrected chi connectivity index (χ1v) is 10.2. The van der Waals surface area contributed by atoms with E-state index in [0.29, 0.717) is 18.0 Å². The SMILES string of the molecule is CC(C)CC(CNS(=O)(=O)c1ccc2[nH]c(=O)oc2c1)N1CCCC1. The van der Waals surface area contributed by atoms with E-state index < -0.39 is 15.8 Å². The molecule has 0 radical (unpaired) electrons. The van der Waals surface area contributed by atoms with Gasteiger partial charge in [0.15, 0.2) is 5.58 Å². The maximum Gasteiger partial charge on any atom is 0.417 e. The van der Waals surface area contributed by atoms with Crippen LogP contribution in [0, 0.1) is 5.92 Å². The van der Waals surface area contributed by atoms with Crippen LogP contribution in [0.4, 0.5) is 0 Å². The first-order valence-electron chi connectivity index (χ1n) is 8.72. The molecule has 3 rings (SSSR count). The minimum Gasteiger partial charge on any atom is -0.408 e. The lowest BCUT2D eigenvalue weighted by Gasteiger charge is -2.29. The fourth-order valence-corrected chi connectivity index (χ4v) is 4.48. The predicted octanol–water partition coefficient (Wildman–Crippen LogP) is 1.91. The van der Waals surface area contributed by atoms with E-state index in [1.807, 2.05) is 0 Å². The van der Waals surface area contributed by atoms with Crippen molar-refractivity contribution in [1.29, 1.82) is 0 Å². The molecule has 1 aromatic carbocycles. The van der Waals surface area contributed by atoms with Crippen molar-refractivity contribution in [2.45, 2.75) is 44.0 Å². The molecule has 1 aliphatic rings. The minimum atomic E-state index is -3.66. The number of aromatic nitrogens is 1. The summed E-state index contributed by atoms with van der Waals surface area (Å²) in [7, 11) is -3.66. The van der Waals surface area contributed by atoms with Crippen molar-refractivity contribution in [3.8, 4) is 0 Å². The molecular formula is C17H25N3O4S. The summed E-state index contributed by atoms with van der Waals surface area (Å²) in [5.41, 5.74) is 0.727. The van der Waals surface area contributed by atoms with Gasteiger partial charge in [0.2, 0.25) is 10.0 Å². The Morgan fingerprint density at radius 3 is 2.68 bits per heavy atom. The molecule has 7 nitrogen and oxygen atoms in total. The number of rotatable bonds is 7. The molecule has 25 heavy (non-hydrogen) atoms. The maximum atomic E-state index is 12.6. The van der Waals surface area contributed by atoms with Crippen molar-refractivity contribution in [3.63, 3.8) is 0 Å². The van der Waals surface area contributed by atoms with E-state index in [0.717, 1.165) is 19.5 Å². The Bertz CT molecular complexity index is 879. The summed E-state index contributed by atoms with van der Waals surface area (Å²) in [4.78, 5) is 16.2. The zero-order valence-corrected chi connectivity index (χ0v) is 15.4. The van der Waals surface area contributed by atoms with Crippen molar-refractivity contribution in [2.75, 3.05) is 19.6 Å². The molecule has 2 N–H and O–H groups in total. The first-order chi connectivity index (χ1) is 11.8. The average molecular weight is 367 g/mol. The fraction of sp³-hybridized carbons (Fsp3) is 0.588. The van der Waals surface area contributed by atoms with Crippen LogP contribution in [0.3, 0.4) is 0 Å². The van der Waals surface area contributed by atoms with Crippen LogP contribution in [0.25, 0.3) is 11.1 Å². The molecule has 0 spiro atoms. The van der Waals surface area contributed by atoms with Gasteiger partial charge in [-0.05, 0) is 50.4 Å². The lowest BCUT2D eigenvalue weighted by molar-refractivity contribution is 0.214. The third kappa shape index (κ3) is 4.31. The van der Waals surface area contributed by atoms with Gasteiger partial charge in [0.05, 0.1) is 10.4 Å². The number of oxazole rings is 1. The van der Waals surface area contributed by atoms with Crippen LogP contribution in [0.1, 0.15) is 33.1 Å². The van der Waals surface area contributed by atoms with Gasteiger partial charge < -0.3 is 4.42 Å². The van der Waals surface area contributed by atoms with E-state index in [1.165, 1.54) is 25.0 Å². The number of aromatic amines is 1. The van der Waals surface area contributed by atoms with Crippen LogP contribution in [-0.4, -0.2) is 44.0 Å². The summed E-state index contributed by atoms with van der Waals surface area (Å²) in [6.07, 6.45) is 3.29. The predicted molar refractivity (Wildman–Crippen MR) is 96.1 cm³/mol. The van der Waals surface area contributed by atoms with Crippen LogP contribution in [-0.2, 0) is 10.0 Å². The fourth-order valence-electron chi connectivity index (χ4n) is 3.39. The van der Waals surface area contributed by atoms with E-state index in [2.05, 4.69) is 28.5 Å². The van der Waals surface area contributed by atoms with Gasteiger partial charge in [-0.25, -0.2) is 17.9 Å². The number of nitrogens with one attached hydrogen (secondary N) is 2. The molecule has 138 valence electrons. The van der Waals surface area contributed by atoms with Crippen LogP contribution >= 0.6 is 0 Å². The van der Waals surface area contributed by atoms with Crippen LogP contribution < -0.4 is 10.5 Å². The van der Waals surface area contributed by atoms with Crippen LogP contribution in [0.2, 0.25) is 0 Å². The molecule has 1 saturated heterocycles. The van der Waals surface area contributed by atoms with Crippen molar-refractivity contribution in [1.82, 2.24) is 14.6 Å². The van der Waals surface area contributed by atoms with Crippen LogP contribution in [0.15, 0.2) is 32.3 Å². The monoisotopic (exact) mass is 367 g/mol. The Morgan fingerprint density at radius 2 is 2.00 bits per heavy atom. The molecule has 2 aromatic rings. The van der Waals surface area contributed by atoms with Crippen molar-refractivity contribution < 1.29 is 12.8 Å². The van der Waals surface area contributed by atoms with E-state index in [9.17, 15) is 13.2 Å². The number of hydrogen-bond acceptors (Lipinski definition) is 5. The highest BCUT2D eigenvalue weighted by molar-refractivity contribution is 7.89. The average Bonchev–Trinajstić information content (AvgIpc) is 3.18. The Kier molecular flexibility index (Phi) is 5.31. The summed E-state index contributed by atoms with van der Waals surface area (Å²) in [5.74, 6) is -0.0934. The zero-order valence-electron chi connectivity index (χ0n) is 14.6. The van der Waals surface area contributed by atoms with Gasteiger partial charge in [-0.15, -0.1) is 0 Å². The van der Waals surface area contributed by atoms with Gasteiger partial charge in [-0.3, -0.25) is 9.88 Å². The van der Waals surface area contributed by atoms with Crippen molar-refractivity contribution >= 4 is 21.1 Å². The number of likely N-dealkylation sites (tertiary alicyclic amines) is 1. The van der Waals surface area contributed by atoms with Gasteiger partial charge in [-0.2, -0.15) is 0 Å². The Hall–Kier alpha value is -1.64. The number of sulfonamides is 1. The van der Waals surface area contributed by atoms with Crippen molar-refractivity contribution in [2.24, 2.45) is 5.92 Å². The first kappa shape index (κ1) is 18.2. The van der Waals surface area contributed by atoms with Gasteiger partial charge >= 0.3 is 5.76 Å². The molecule has 0 bridgehead atoms. The van der Waals surface area contributed by atoms with Gasteiger partial charge in [0.25, 0.3) is 0 Å². The van der Waals surface area contributed by atoms with Crippen LogP contribution in [0.5, 0.6) is 0 Å². The maximum absolute atomic E-state index is 12.6. The highest BCUT2D eigenvalue weighted by Crippen LogP contribution is 2.19. The molecule has 0 amide bonds. The standard InChI is InChI=1S/C17H25N3O4S/c1-12(2)9-13(20-7-3-4-8-20)11-18-25(22,23)14-5-6-15-16(10-14)24-17(21)19-15/h5-6,10,12-13,18H,3-4,7-9,11H2,1-2H3,(H,19,21). The smallest absolute Gasteiger partial charge is 0.408 e. The molecule has 2 heterocycles. The summed E-state index contributed by atoms with van der Waals surface area (Å²) >= 11 is 0. The zero-order chi connectivity index (χ0) is 18.0. The normalized spacial score (nSPS) is 17.6. The lowest BCUT2D eigenvalue weighted by Crippen LogP contribution is -2.43. The molecule has 1 unspecified atom stereocenters. The second kappa shape index (κ2) is 7.31. The number of fused-ring (bicyclic) bond motifs is 1. The molecule has 1 fully saturated rings. The topological polar surface area (TPSA) is 95.4 Å². The van der Waals surface area contributed by atoms with E-state index in [1.54, 1.807) is 6.07 Å². The summed E-state index contributed by atoms with van der Waals surface area (Å²) in [6, 6.07) is 4.60. The highest BCUT2D eigenvalue weighted by Gasteiger charge is 2.25. The van der Waals surface area contributed by atoms with Crippen molar-refractivity contribution in [3.05, 3.63) is 28.7 Å². The Labute approximate surface area is 147 Å². The second-order valence-electron chi connectivity index (χ2n) is 7.05. The number of H-pyrrole nitrogens is 1. The molecular weight excluding hydrogens is 342 g/mol. The molecule has 1 aromatic heterocycles. The lowest BCUT2D eigenvalue weighted by atomic mass is 10.0. The second-order valence-corrected chi connectivity index (χ2v) is 8.82. The Balaban J connectivity index is 1.75. The largest absolute Gasteiger partial charge is 0.417 e. The Morgan fingerprint density at radius 1 is 1.28 bits per heavy atom. The third-order valence-electron chi connectivity index (χ3n) is 4.61. The quantitative estimate of drug-likeness (QED) is 0.779. The number of hydrogen-bond donors (Lipinski definition) is 2. The summed E-state index contributed by atoms with van der Waals surface area (Å²) in [6.45, 7) is 6.74. The molecule has 1 atom stereocenters. The third-order valence-corrected chi connectivity index (χ3v) is 6.03.